The Morgan fingerprint density at radius 3 is 2.11 bits per heavy atom. The molecular weight excluding hydrogens is 698 g/mol. The average molecular weight is 726 g/mol. The van der Waals surface area contributed by atoms with Gasteiger partial charge in [-0.1, -0.05) is 72.8 Å². The minimum atomic E-state index is -0.349. The van der Waals surface area contributed by atoms with Crippen LogP contribution in [-0.2, 0) is 9.53 Å². The molecule has 6 heteroatoms. The van der Waals surface area contributed by atoms with E-state index in [4.69, 9.17) is 4.74 Å². The van der Waals surface area contributed by atoms with Crippen molar-refractivity contribution in [3.05, 3.63) is 139 Å². The molecular formula is C32H28I2N2O2. The van der Waals surface area contributed by atoms with E-state index in [9.17, 15) is 4.79 Å². The van der Waals surface area contributed by atoms with Crippen molar-refractivity contribution < 1.29 is 9.53 Å². The second kappa shape index (κ2) is 12.3. The van der Waals surface area contributed by atoms with Crippen molar-refractivity contribution >= 4 is 62.5 Å². The summed E-state index contributed by atoms with van der Waals surface area (Å²) in [5.74, 6) is -0.295. The van der Waals surface area contributed by atoms with Gasteiger partial charge in [0.2, 0.25) is 0 Å². The molecule has 2 unspecified atom stereocenters. The number of nitrogens with one attached hydrogen (secondary N) is 1. The normalized spacial score (nSPS) is 17.3. The van der Waals surface area contributed by atoms with E-state index in [2.05, 4.69) is 128 Å². The Morgan fingerprint density at radius 2 is 1.47 bits per heavy atom. The van der Waals surface area contributed by atoms with Crippen LogP contribution in [0.25, 0.3) is 0 Å². The second-order valence-corrected chi connectivity index (χ2v) is 11.6. The maximum absolute atomic E-state index is 13.8. The van der Waals surface area contributed by atoms with Gasteiger partial charge < -0.3 is 15.0 Å². The highest BCUT2D eigenvalue weighted by molar-refractivity contribution is 14.1. The Kier molecular flexibility index (Phi) is 8.68. The zero-order valence-corrected chi connectivity index (χ0v) is 25.3. The SMILES string of the molecule is CCOC(=O)C1=C(Nc2cccc(I)c2)CC(c2ccccc2)N(c2cccc(I)c2)C1c1ccccc1. The van der Waals surface area contributed by atoms with Gasteiger partial charge in [0, 0.05) is 30.6 Å². The summed E-state index contributed by atoms with van der Waals surface area (Å²) in [6.07, 6.45) is 0.623. The van der Waals surface area contributed by atoms with Crippen molar-refractivity contribution in [3.63, 3.8) is 0 Å². The first-order chi connectivity index (χ1) is 18.5. The lowest BCUT2D eigenvalue weighted by Gasteiger charge is -2.46. The maximum Gasteiger partial charge on any atom is 0.338 e. The smallest absolute Gasteiger partial charge is 0.338 e. The van der Waals surface area contributed by atoms with Crippen LogP contribution in [0.2, 0.25) is 0 Å². The Hall–Kier alpha value is -2.85. The molecule has 0 aromatic heterocycles. The highest BCUT2D eigenvalue weighted by atomic mass is 127. The highest BCUT2D eigenvalue weighted by Gasteiger charge is 2.41. The minimum Gasteiger partial charge on any atom is -0.463 e. The van der Waals surface area contributed by atoms with Gasteiger partial charge in [0.05, 0.1) is 24.3 Å². The summed E-state index contributed by atoms with van der Waals surface area (Å²) in [4.78, 5) is 16.2. The number of nitrogens with zero attached hydrogens (tertiary/aromatic N) is 1. The van der Waals surface area contributed by atoms with E-state index in [1.54, 1.807) is 0 Å². The number of rotatable bonds is 7. The zero-order chi connectivity index (χ0) is 26.5. The van der Waals surface area contributed by atoms with E-state index >= 15 is 0 Å². The van der Waals surface area contributed by atoms with E-state index in [-0.39, 0.29) is 18.1 Å². The summed E-state index contributed by atoms with van der Waals surface area (Å²) in [5.41, 5.74) is 5.77. The van der Waals surface area contributed by atoms with Crippen LogP contribution in [0.4, 0.5) is 11.4 Å². The highest BCUT2D eigenvalue weighted by Crippen LogP contribution is 2.48. The van der Waals surface area contributed by atoms with Gasteiger partial charge in [-0.05, 0) is 99.6 Å². The van der Waals surface area contributed by atoms with Crippen LogP contribution in [0.1, 0.15) is 36.6 Å². The number of halogens is 2. The number of ether oxygens (including phenoxy) is 1. The minimum absolute atomic E-state index is 0.0110. The Bertz CT molecular complexity index is 1440. The molecule has 4 nitrogen and oxygen atoms in total. The molecule has 5 rings (SSSR count). The first-order valence-corrected chi connectivity index (χ1v) is 14.8. The molecule has 2 atom stereocenters. The average Bonchev–Trinajstić information content (AvgIpc) is 2.93. The van der Waals surface area contributed by atoms with Crippen molar-refractivity contribution in [1.29, 1.82) is 0 Å². The summed E-state index contributed by atoms with van der Waals surface area (Å²) >= 11 is 4.67. The predicted octanol–water partition coefficient (Wildman–Crippen LogP) is 8.52. The van der Waals surface area contributed by atoms with E-state index < -0.39 is 0 Å². The number of carbonyl (C=O) groups excluding carboxylic acids is 1. The van der Waals surface area contributed by atoms with Crippen molar-refractivity contribution in [2.75, 3.05) is 16.8 Å². The zero-order valence-electron chi connectivity index (χ0n) is 21.0. The molecule has 1 N–H and O–H groups in total. The molecule has 0 aliphatic carbocycles. The molecule has 0 fully saturated rings. The second-order valence-electron chi connectivity index (χ2n) is 9.08. The molecule has 1 heterocycles. The van der Waals surface area contributed by atoms with Crippen LogP contribution in [0.15, 0.2) is 120 Å². The molecule has 38 heavy (non-hydrogen) atoms. The number of benzene rings is 4. The lowest BCUT2D eigenvalue weighted by atomic mass is 9.84. The standard InChI is InChI=1S/C32H28I2N2O2/c1-2-38-32(37)30-28(35-26-17-9-15-24(33)19-26)21-29(22-11-5-3-6-12-22)36(27-18-10-16-25(34)20-27)31(30)23-13-7-4-8-14-23/h3-20,29,31,35H,2,21H2,1H3. The van der Waals surface area contributed by atoms with Crippen LogP contribution in [0, 0.1) is 7.14 Å². The summed E-state index contributed by atoms with van der Waals surface area (Å²) in [7, 11) is 0. The van der Waals surface area contributed by atoms with Crippen molar-refractivity contribution in [2.24, 2.45) is 0 Å². The van der Waals surface area contributed by atoms with E-state index in [0.29, 0.717) is 18.6 Å². The van der Waals surface area contributed by atoms with Crippen LogP contribution < -0.4 is 10.2 Å². The van der Waals surface area contributed by atoms with Crippen LogP contribution >= 0.6 is 45.2 Å². The Labute approximate surface area is 251 Å². The molecule has 4 aromatic rings. The fourth-order valence-corrected chi connectivity index (χ4v) is 6.14. The summed E-state index contributed by atoms with van der Waals surface area (Å²) in [5, 5.41) is 3.64. The molecule has 1 aliphatic rings. The van der Waals surface area contributed by atoms with Gasteiger partial charge in [0.1, 0.15) is 0 Å². The lowest BCUT2D eigenvalue weighted by Crippen LogP contribution is -2.41. The number of esters is 1. The van der Waals surface area contributed by atoms with Crippen LogP contribution in [0.3, 0.4) is 0 Å². The Morgan fingerprint density at radius 1 is 0.842 bits per heavy atom. The topological polar surface area (TPSA) is 41.6 Å². The van der Waals surface area contributed by atoms with Gasteiger partial charge in [0.25, 0.3) is 0 Å². The summed E-state index contributed by atoms with van der Waals surface area (Å²) < 4.78 is 7.98. The number of carbonyl (C=O) groups is 1. The fourth-order valence-electron chi connectivity index (χ4n) is 5.07. The van der Waals surface area contributed by atoms with Crippen molar-refractivity contribution in [1.82, 2.24) is 0 Å². The number of anilines is 2. The van der Waals surface area contributed by atoms with Crippen LogP contribution in [0.5, 0.6) is 0 Å². The summed E-state index contributed by atoms with van der Waals surface area (Å²) in [6.45, 7) is 2.17. The van der Waals surface area contributed by atoms with Gasteiger partial charge in [-0.3, -0.25) is 0 Å². The monoisotopic (exact) mass is 726 g/mol. The molecule has 0 radical (unpaired) electrons. The van der Waals surface area contributed by atoms with Crippen molar-refractivity contribution in [3.8, 4) is 0 Å². The maximum atomic E-state index is 13.8. The lowest BCUT2D eigenvalue weighted by molar-refractivity contribution is -0.139. The third kappa shape index (κ3) is 5.91. The first-order valence-electron chi connectivity index (χ1n) is 12.6. The van der Waals surface area contributed by atoms with Crippen LogP contribution in [-0.4, -0.2) is 12.6 Å². The van der Waals surface area contributed by atoms with Crippen molar-refractivity contribution in [2.45, 2.75) is 25.4 Å². The molecule has 4 aromatic carbocycles. The third-order valence-corrected chi connectivity index (χ3v) is 7.97. The van der Waals surface area contributed by atoms with Gasteiger partial charge in [-0.25, -0.2) is 4.79 Å². The molecule has 0 spiro atoms. The fraction of sp³-hybridized carbons (Fsp3) is 0.156. The Balaban J connectivity index is 1.77. The molecule has 0 amide bonds. The predicted molar refractivity (Wildman–Crippen MR) is 171 cm³/mol. The summed E-state index contributed by atoms with van der Waals surface area (Å²) in [6, 6.07) is 37.2. The third-order valence-electron chi connectivity index (χ3n) is 6.63. The molecule has 1 aliphatic heterocycles. The molecule has 0 saturated carbocycles. The molecule has 0 saturated heterocycles. The van der Waals surface area contributed by atoms with Gasteiger partial charge in [-0.15, -0.1) is 0 Å². The number of hydrogen-bond acceptors (Lipinski definition) is 4. The largest absolute Gasteiger partial charge is 0.463 e. The molecule has 0 bridgehead atoms. The van der Waals surface area contributed by atoms with Gasteiger partial charge >= 0.3 is 5.97 Å². The van der Waals surface area contributed by atoms with Gasteiger partial charge in [-0.2, -0.15) is 0 Å². The van der Waals surface area contributed by atoms with E-state index in [0.717, 1.165) is 29.8 Å². The van der Waals surface area contributed by atoms with E-state index in [1.807, 2.05) is 43.3 Å². The van der Waals surface area contributed by atoms with E-state index in [1.165, 1.54) is 5.56 Å². The molecule has 192 valence electrons. The first kappa shape index (κ1) is 26.7. The van der Waals surface area contributed by atoms with Gasteiger partial charge in [0.15, 0.2) is 0 Å². The number of hydrogen-bond donors (Lipinski definition) is 1. The quantitative estimate of drug-likeness (QED) is 0.153.